The van der Waals surface area contributed by atoms with Gasteiger partial charge in [-0.25, -0.2) is 0 Å². The van der Waals surface area contributed by atoms with Gasteiger partial charge < -0.3 is 14.4 Å². The first kappa shape index (κ1) is 17.6. The number of amides is 1. The number of hydrogen-bond acceptors (Lipinski definition) is 3. The third-order valence-corrected chi connectivity index (χ3v) is 4.74. The summed E-state index contributed by atoms with van der Waals surface area (Å²) in [5.41, 5.74) is 3.59. The van der Waals surface area contributed by atoms with Crippen molar-refractivity contribution in [2.24, 2.45) is 0 Å². The van der Waals surface area contributed by atoms with Gasteiger partial charge in [0.15, 0.2) is 6.61 Å². The molecule has 5 heteroatoms. The maximum atomic E-state index is 12.4. The zero-order valence-corrected chi connectivity index (χ0v) is 15.3. The zero-order chi connectivity index (χ0) is 17.8. The van der Waals surface area contributed by atoms with Crippen LogP contribution in [0.3, 0.4) is 0 Å². The summed E-state index contributed by atoms with van der Waals surface area (Å²) in [6.07, 6.45) is 3.43. The maximum Gasteiger partial charge on any atom is 0.260 e. The van der Waals surface area contributed by atoms with Gasteiger partial charge in [0, 0.05) is 24.2 Å². The summed E-state index contributed by atoms with van der Waals surface area (Å²) in [6, 6.07) is 11.5. The predicted molar refractivity (Wildman–Crippen MR) is 98.4 cm³/mol. The lowest BCUT2D eigenvalue weighted by molar-refractivity contribution is -0.132. The van der Waals surface area contributed by atoms with Gasteiger partial charge in [0.05, 0.1) is 7.11 Å². The molecule has 132 valence electrons. The van der Waals surface area contributed by atoms with Gasteiger partial charge in [-0.1, -0.05) is 17.7 Å². The van der Waals surface area contributed by atoms with Crippen molar-refractivity contribution in [1.82, 2.24) is 4.90 Å². The van der Waals surface area contributed by atoms with E-state index in [1.807, 2.05) is 12.1 Å². The number of rotatable bonds is 6. The first-order valence-corrected chi connectivity index (χ1v) is 8.75. The zero-order valence-electron chi connectivity index (χ0n) is 14.5. The van der Waals surface area contributed by atoms with E-state index in [9.17, 15) is 4.79 Å². The molecule has 0 spiro atoms. The van der Waals surface area contributed by atoms with Crippen molar-refractivity contribution >= 4 is 17.5 Å². The minimum Gasteiger partial charge on any atom is -0.496 e. The maximum absolute atomic E-state index is 12.4. The Balaban J connectivity index is 1.59. The van der Waals surface area contributed by atoms with Crippen molar-refractivity contribution in [1.29, 1.82) is 0 Å². The number of hydrogen-bond donors (Lipinski definition) is 0. The molecule has 1 aliphatic rings. The van der Waals surface area contributed by atoms with Gasteiger partial charge in [0.1, 0.15) is 11.5 Å². The van der Waals surface area contributed by atoms with Crippen LogP contribution in [0.1, 0.15) is 23.1 Å². The number of methoxy groups -OCH3 is 1. The molecule has 0 unspecified atom stereocenters. The highest BCUT2D eigenvalue weighted by molar-refractivity contribution is 6.30. The Morgan fingerprint density at radius 2 is 1.96 bits per heavy atom. The average Bonchev–Trinajstić information content (AvgIpc) is 3.07. The van der Waals surface area contributed by atoms with E-state index in [4.69, 9.17) is 21.1 Å². The number of likely N-dealkylation sites (N-methyl/N-ethyl adjacent to an activating group) is 1. The molecule has 0 N–H and O–H groups in total. The van der Waals surface area contributed by atoms with Crippen LogP contribution in [0.4, 0.5) is 0 Å². The Labute approximate surface area is 153 Å². The standard InChI is InChI=1S/C20H22ClNO3/c1-22(12-16-10-17(21)7-9-19(16)24-2)20(23)13-25-18-8-6-14-4-3-5-15(14)11-18/h6-11H,3-5,12-13H2,1-2H3. The Morgan fingerprint density at radius 3 is 2.76 bits per heavy atom. The van der Waals surface area contributed by atoms with E-state index in [2.05, 4.69) is 12.1 Å². The summed E-state index contributed by atoms with van der Waals surface area (Å²) < 4.78 is 11.0. The fraction of sp³-hybridized carbons (Fsp3) is 0.350. The highest BCUT2D eigenvalue weighted by Crippen LogP contribution is 2.26. The number of fused-ring (bicyclic) bond motifs is 1. The Morgan fingerprint density at radius 1 is 1.16 bits per heavy atom. The van der Waals surface area contributed by atoms with E-state index in [0.29, 0.717) is 17.3 Å². The second-order valence-corrected chi connectivity index (χ2v) is 6.72. The molecular weight excluding hydrogens is 338 g/mol. The Bertz CT molecular complexity index is 776. The molecule has 1 aliphatic carbocycles. The topological polar surface area (TPSA) is 38.8 Å². The van der Waals surface area contributed by atoms with Crippen LogP contribution in [0.15, 0.2) is 36.4 Å². The predicted octanol–water partition coefficient (Wildman–Crippen LogP) is 3.87. The van der Waals surface area contributed by atoms with Crippen LogP contribution in [0.25, 0.3) is 0 Å². The van der Waals surface area contributed by atoms with Crippen LogP contribution in [0.5, 0.6) is 11.5 Å². The van der Waals surface area contributed by atoms with Crippen LogP contribution in [0.2, 0.25) is 5.02 Å². The molecule has 0 radical (unpaired) electrons. The molecule has 0 atom stereocenters. The van der Waals surface area contributed by atoms with Crippen molar-refractivity contribution in [3.05, 3.63) is 58.1 Å². The SMILES string of the molecule is COc1ccc(Cl)cc1CN(C)C(=O)COc1ccc2c(c1)CCC2. The summed E-state index contributed by atoms with van der Waals surface area (Å²) in [6.45, 7) is 0.425. The number of carbonyl (C=O) groups is 1. The van der Waals surface area contributed by atoms with Gasteiger partial charge in [-0.3, -0.25) is 4.79 Å². The second-order valence-electron chi connectivity index (χ2n) is 6.28. The number of nitrogens with zero attached hydrogens (tertiary/aromatic N) is 1. The van der Waals surface area contributed by atoms with Crippen LogP contribution in [0, 0.1) is 0 Å². The van der Waals surface area contributed by atoms with Gasteiger partial charge in [0.2, 0.25) is 0 Å². The Hall–Kier alpha value is -2.20. The van der Waals surface area contributed by atoms with Crippen molar-refractivity contribution in [2.45, 2.75) is 25.8 Å². The van der Waals surface area contributed by atoms with E-state index in [1.54, 1.807) is 31.2 Å². The van der Waals surface area contributed by atoms with Crippen molar-refractivity contribution in [2.75, 3.05) is 20.8 Å². The van der Waals surface area contributed by atoms with Crippen LogP contribution < -0.4 is 9.47 Å². The van der Waals surface area contributed by atoms with E-state index in [1.165, 1.54) is 17.5 Å². The molecular formula is C20H22ClNO3. The quantitative estimate of drug-likeness (QED) is 0.785. The van der Waals surface area contributed by atoms with E-state index >= 15 is 0 Å². The van der Waals surface area contributed by atoms with E-state index in [-0.39, 0.29) is 12.5 Å². The van der Waals surface area contributed by atoms with Crippen molar-refractivity contribution in [3.63, 3.8) is 0 Å². The molecule has 0 fully saturated rings. The summed E-state index contributed by atoms with van der Waals surface area (Å²) in [4.78, 5) is 14.0. The molecule has 1 amide bonds. The summed E-state index contributed by atoms with van der Waals surface area (Å²) in [7, 11) is 3.35. The molecule has 2 aromatic rings. The largest absolute Gasteiger partial charge is 0.496 e. The molecule has 3 rings (SSSR count). The highest BCUT2D eigenvalue weighted by Gasteiger charge is 2.15. The third kappa shape index (κ3) is 4.26. The highest BCUT2D eigenvalue weighted by atomic mass is 35.5. The van der Waals surface area contributed by atoms with E-state index < -0.39 is 0 Å². The Kier molecular flexibility index (Phi) is 5.49. The van der Waals surface area contributed by atoms with Gasteiger partial charge in [0.25, 0.3) is 5.91 Å². The normalized spacial score (nSPS) is 12.6. The summed E-state index contributed by atoms with van der Waals surface area (Å²) in [5, 5.41) is 0.617. The molecule has 0 saturated carbocycles. The fourth-order valence-corrected chi connectivity index (χ4v) is 3.30. The van der Waals surface area contributed by atoms with E-state index in [0.717, 1.165) is 24.2 Å². The minimum atomic E-state index is -0.0949. The lowest BCUT2D eigenvalue weighted by atomic mass is 10.1. The molecule has 2 aromatic carbocycles. The minimum absolute atomic E-state index is 0.0121. The molecule has 0 aliphatic heterocycles. The first-order valence-electron chi connectivity index (χ1n) is 8.38. The number of halogens is 1. The van der Waals surface area contributed by atoms with Crippen molar-refractivity contribution in [3.8, 4) is 11.5 Å². The third-order valence-electron chi connectivity index (χ3n) is 4.51. The van der Waals surface area contributed by atoms with Crippen LogP contribution >= 0.6 is 11.6 Å². The van der Waals surface area contributed by atoms with Gasteiger partial charge in [-0.2, -0.15) is 0 Å². The van der Waals surface area contributed by atoms with Crippen molar-refractivity contribution < 1.29 is 14.3 Å². The lowest BCUT2D eigenvalue weighted by Gasteiger charge is -2.19. The molecule has 0 aromatic heterocycles. The van der Waals surface area contributed by atoms with Gasteiger partial charge >= 0.3 is 0 Å². The monoisotopic (exact) mass is 359 g/mol. The number of carbonyl (C=O) groups excluding carboxylic acids is 1. The van der Waals surface area contributed by atoms with Crippen LogP contribution in [-0.2, 0) is 24.2 Å². The molecule has 4 nitrogen and oxygen atoms in total. The number of ether oxygens (including phenoxy) is 2. The fourth-order valence-electron chi connectivity index (χ4n) is 3.11. The smallest absolute Gasteiger partial charge is 0.260 e. The first-order chi connectivity index (χ1) is 12.1. The summed E-state index contributed by atoms with van der Waals surface area (Å²) >= 11 is 6.04. The summed E-state index contributed by atoms with van der Waals surface area (Å²) in [5.74, 6) is 1.37. The second kappa shape index (κ2) is 7.79. The van der Waals surface area contributed by atoms with Gasteiger partial charge in [-0.05, 0) is 60.7 Å². The molecule has 0 bridgehead atoms. The molecule has 25 heavy (non-hydrogen) atoms. The number of benzene rings is 2. The molecule has 0 heterocycles. The van der Waals surface area contributed by atoms with Gasteiger partial charge in [-0.15, -0.1) is 0 Å². The molecule has 0 saturated heterocycles. The van der Waals surface area contributed by atoms with Crippen LogP contribution in [-0.4, -0.2) is 31.6 Å². The average molecular weight is 360 g/mol. The lowest BCUT2D eigenvalue weighted by Crippen LogP contribution is -2.31. The number of aryl methyl sites for hydroxylation is 2.